The molecule has 3 rings (SSSR count). The van der Waals surface area contributed by atoms with E-state index in [1.54, 1.807) is 36.1 Å². The lowest BCUT2D eigenvalue weighted by molar-refractivity contribution is 0.0526. The Morgan fingerprint density at radius 3 is 2.45 bits per heavy atom. The highest BCUT2D eigenvalue weighted by Crippen LogP contribution is 2.28. The summed E-state index contributed by atoms with van der Waals surface area (Å²) in [6.45, 7) is 7.30. The summed E-state index contributed by atoms with van der Waals surface area (Å²) in [5.74, 6) is 0.467. The van der Waals surface area contributed by atoms with Gasteiger partial charge in [-0.3, -0.25) is 0 Å². The summed E-state index contributed by atoms with van der Waals surface area (Å²) in [6, 6.07) is 14.6. The third kappa shape index (κ3) is 5.19. The molecule has 0 aliphatic carbocycles. The maximum atomic E-state index is 12.6. The first-order valence-corrected chi connectivity index (χ1v) is 9.92. The molecule has 0 aromatic heterocycles. The Balaban J connectivity index is 1.58. The largest absolute Gasteiger partial charge is 0.492 e. The van der Waals surface area contributed by atoms with Gasteiger partial charge in [0.05, 0.1) is 24.5 Å². The lowest BCUT2D eigenvalue weighted by Crippen LogP contribution is -2.50. The van der Waals surface area contributed by atoms with E-state index in [1.165, 1.54) is 0 Å². The summed E-state index contributed by atoms with van der Waals surface area (Å²) in [5, 5.41) is 2.87. The van der Waals surface area contributed by atoms with Crippen molar-refractivity contribution >= 4 is 23.4 Å². The van der Waals surface area contributed by atoms with E-state index in [9.17, 15) is 9.59 Å². The zero-order valence-corrected chi connectivity index (χ0v) is 16.9. The standard InChI is InChI=1S/C22H27N3O4/c1-3-28-20-11-6-5-10-19(20)24-12-14-25(15-13-24)22(27)23-18-9-7-8-17(16-18)21(26)29-4-2/h5-11,16H,3-4,12-15H2,1-2H3,(H,23,27). The van der Waals surface area contributed by atoms with Crippen molar-refractivity contribution in [3.63, 3.8) is 0 Å². The van der Waals surface area contributed by atoms with Crippen LogP contribution in [0.5, 0.6) is 5.75 Å². The van der Waals surface area contributed by atoms with Gasteiger partial charge in [-0.25, -0.2) is 9.59 Å². The number of hydrogen-bond acceptors (Lipinski definition) is 5. The van der Waals surface area contributed by atoms with Gasteiger partial charge in [-0.15, -0.1) is 0 Å². The summed E-state index contributed by atoms with van der Waals surface area (Å²) >= 11 is 0. The first-order chi connectivity index (χ1) is 14.1. The number of piperazine rings is 1. The van der Waals surface area contributed by atoms with Crippen molar-refractivity contribution in [3.05, 3.63) is 54.1 Å². The van der Waals surface area contributed by atoms with E-state index in [4.69, 9.17) is 9.47 Å². The van der Waals surface area contributed by atoms with Crippen molar-refractivity contribution in [2.45, 2.75) is 13.8 Å². The second-order valence-corrected chi connectivity index (χ2v) is 6.61. The highest BCUT2D eigenvalue weighted by Gasteiger charge is 2.23. The van der Waals surface area contributed by atoms with Crippen LogP contribution in [-0.2, 0) is 4.74 Å². The van der Waals surface area contributed by atoms with Gasteiger partial charge >= 0.3 is 12.0 Å². The number of hydrogen-bond donors (Lipinski definition) is 1. The zero-order chi connectivity index (χ0) is 20.6. The van der Waals surface area contributed by atoms with Crippen molar-refractivity contribution in [1.82, 2.24) is 4.90 Å². The Morgan fingerprint density at radius 1 is 0.966 bits per heavy atom. The third-order valence-corrected chi connectivity index (χ3v) is 4.70. The summed E-state index contributed by atoms with van der Waals surface area (Å²) in [6.07, 6.45) is 0. The minimum Gasteiger partial charge on any atom is -0.492 e. The first kappa shape index (κ1) is 20.5. The van der Waals surface area contributed by atoms with Crippen LogP contribution < -0.4 is 15.0 Å². The Labute approximate surface area is 171 Å². The Morgan fingerprint density at radius 2 is 1.72 bits per heavy atom. The SMILES string of the molecule is CCOC(=O)c1cccc(NC(=O)N2CCN(c3ccccc3OCC)CC2)c1. The minimum atomic E-state index is -0.398. The van der Waals surface area contributed by atoms with Crippen molar-refractivity contribution in [1.29, 1.82) is 0 Å². The summed E-state index contributed by atoms with van der Waals surface area (Å²) < 4.78 is 10.7. The highest BCUT2D eigenvalue weighted by molar-refractivity contribution is 5.94. The number of benzene rings is 2. The molecule has 7 nitrogen and oxygen atoms in total. The molecule has 0 saturated carbocycles. The zero-order valence-electron chi connectivity index (χ0n) is 16.9. The van der Waals surface area contributed by atoms with Crippen LogP contribution in [0.25, 0.3) is 0 Å². The van der Waals surface area contributed by atoms with E-state index in [0.717, 1.165) is 24.5 Å². The molecule has 7 heteroatoms. The van der Waals surface area contributed by atoms with Gasteiger partial charge in [0.1, 0.15) is 5.75 Å². The fourth-order valence-electron chi connectivity index (χ4n) is 3.29. The molecule has 0 bridgehead atoms. The molecule has 29 heavy (non-hydrogen) atoms. The van der Waals surface area contributed by atoms with Crippen LogP contribution in [0, 0.1) is 0 Å². The van der Waals surface area contributed by atoms with E-state index in [-0.39, 0.29) is 6.03 Å². The average molecular weight is 397 g/mol. The number of esters is 1. The fourth-order valence-corrected chi connectivity index (χ4v) is 3.29. The number of anilines is 2. The van der Waals surface area contributed by atoms with Gasteiger partial charge in [-0.1, -0.05) is 18.2 Å². The van der Waals surface area contributed by atoms with Gasteiger partial charge in [0.25, 0.3) is 0 Å². The quantitative estimate of drug-likeness (QED) is 0.754. The number of nitrogens with zero attached hydrogens (tertiary/aromatic N) is 2. The van der Waals surface area contributed by atoms with Crippen LogP contribution in [-0.4, -0.2) is 56.3 Å². The van der Waals surface area contributed by atoms with Gasteiger partial charge in [0.2, 0.25) is 0 Å². The average Bonchev–Trinajstić information content (AvgIpc) is 2.75. The Kier molecular flexibility index (Phi) is 6.94. The number of ether oxygens (including phenoxy) is 2. The summed E-state index contributed by atoms with van der Waals surface area (Å²) in [4.78, 5) is 28.5. The normalized spacial score (nSPS) is 13.7. The van der Waals surface area contributed by atoms with Crippen molar-refractivity contribution < 1.29 is 19.1 Å². The monoisotopic (exact) mass is 397 g/mol. The topological polar surface area (TPSA) is 71.1 Å². The number of carbonyl (C=O) groups is 2. The Hall–Kier alpha value is -3.22. The Bertz CT molecular complexity index is 847. The van der Waals surface area contributed by atoms with Crippen LogP contribution in [0.3, 0.4) is 0 Å². The molecule has 0 atom stereocenters. The van der Waals surface area contributed by atoms with E-state index in [0.29, 0.717) is 37.6 Å². The van der Waals surface area contributed by atoms with Gasteiger partial charge in [-0.2, -0.15) is 0 Å². The van der Waals surface area contributed by atoms with E-state index >= 15 is 0 Å². The molecular formula is C22H27N3O4. The van der Waals surface area contributed by atoms with Crippen LogP contribution in [0.1, 0.15) is 24.2 Å². The van der Waals surface area contributed by atoms with E-state index in [2.05, 4.69) is 10.2 Å². The van der Waals surface area contributed by atoms with Crippen molar-refractivity contribution in [2.24, 2.45) is 0 Å². The fraction of sp³-hybridized carbons (Fsp3) is 0.364. The third-order valence-electron chi connectivity index (χ3n) is 4.70. The molecule has 0 radical (unpaired) electrons. The molecule has 1 heterocycles. The van der Waals surface area contributed by atoms with Gasteiger partial charge < -0.3 is 24.6 Å². The highest BCUT2D eigenvalue weighted by atomic mass is 16.5. The smallest absolute Gasteiger partial charge is 0.338 e. The lowest BCUT2D eigenvalue weighted by Gasteiger charge is -2.36. The molecule has 1 aliphatic rings. The molecular weight excluding hydrogens is 370 g/mol. The maximum absolute atomic E-state index is 12.6. The minimum absolute atomic E-state index is 0.177. The molecule has 2 aromatic rings. The van der Waals surface area contributed by atoms with Gasteiger partial charge in [0, 0.05) is 31.9 Å². The van der Waals surface area contributed by atoms with E-state index < -0.39 is 5.97 Å². The predicted molar refractivity (Wildman–Crippen MR) is 113 cm³/mol. The molecule has 1 fully saturated rings. The number of amides is 2. The first-order valence-electron chi connectivity index (χ1n) is 9.92. The maximum Gasteiger partial charge on any atom is 0.338 e. The molecule has 1 saturated heterocycles. The number of urea groups is 1. The van der Waals surface area contributed by atoms with Crippen molar-refractivity contribution in [2.75, 3.05) is 49.6 Å². The lowest BCUT2D eigenvalue weighted by atomic mass is 10.2. The molecule has 2 aromatic carbocycles. The predicted octanol–water partition coefficient (Wildman–Crippen LogP) is 3.62. The summed E-state index contributed by atoms with van der Waals surface area (Å²) in [5.41, 5.74) is 2.04. The van der Waals surface area contributed by atoms with Gasteiger partial charge in [0.15, 0.2) is 0 Å². The van der Waals surface area contributed by atoms with Crippen LogP contribution in [0.2, 0.25) is 0 Å². The molecule has 0 spiro atoms. The molecule has 1 N–H and O–H groups in total. The van der Waals surface area contributed by atoms with Crippen LogP contribution in [0.4, 0.5) is 16.2 Å². The van der Waals surface area contributed by atoms with Crippen LogP contribution >= 0.6 is 0 Å². The molecule has 154 valence electrons. The molecule has 1 aliphatic heterocycles. The molecule has 0 unspecified atom stereocenters. The number of nitrogens with one attached hydrogen (secondary N) is 1. The second kappa shape index (κ2) is 9.82. The summed E-state index contributed by atoms with van der Waals surface area (Å²) in [7, 11) is 0. The van der Waals surface area contributed by atoms with Gasteiger partial charge in [-0.05, 0) is 44.2 Å². The number of para-hydroxylation sites is 2. The number of rotatable bonds is 6. The van der Waals surface area contributed by atoms with E-state index in [1.807, 2.05) is 31.2 Å². The van der Waals surface area contributed by atoms with Crippen molar-refractivity contribution in [3.8, 4) is 5.75 Å². The second-order valence-electron chi connectivity index (χ2n) is 6.61. The molecule has 2 amide bonds. The number of carbonyl (C=O) groups excluding carboxylic acids is 2. The van der Waals surface area contributed by atoms with Crippen LogP contribution in [0.15, 0.2) is 48.5 Å².